The Morgan fingerprint density at radius 2 is 1.67 bits per heavy atom. The molecule has 1 aliphatic carbocycles. The number of hydrogen-bond donors (Lipinski definition) is 0. The summed E-state index contributed by atoms with van der Waals surface area (Å²) in [6, 6.07) is 0. The van der Waals surface area contributed by atoms with E-state index in [2.05, 4.69) is 53.6 Å². The molecule has 0 aromatic heterocycles. The van der Waals surface area contributed by atoms with Gasteiger partial charge in [-0.05, 0) is 49.6 Å². The zero-order chi connectivity index (χ0) is 11.9. The van der Waals surface area contributed by atoms with Crippen molar-refractivity contribution < 1.29 is 0 Å². The summed E-state index contributed by atoms with van der Waals surface area (Å²) in [5.41, 5.74) is 0.959. The third-order valence-electron chi connectivity index (χ3n) is 5.33. The minimum absolute atomic E-state index is 0.464. The monoisotopic (exact) mass is 211 g/mol. The third-order valence-corrected chi connectivity index (χ3v) is 5.33. The van der Waals surface area contributed by atoms with Gasteiger partial charge in [-0.25, -0.2) is 0 Å². The Bertz CT molecular complexity index is 215. The fourth-order valence-electron chi connectivity index (χ4n) is 3.04. The van der Waals surface area contributed by atoms with Gasteiger partial charge in [-0.15, -0.1) is 0 Å². The molecule has 15 heavy (non-hydrogen) atoms. The van der Waals surface area contributed by atoms with E-state index in [-0.39, 0.29) is 0 Å². The van der Waals surface area contributed by atoms with Crippen molar-refractivity contribution in [3.63, 3.8) is 0 Å². The smallest absolute Gasteiger partial charge is 0.000631 e. The molecule has 0 amide bonds. The summed E-state index contributed by atoms with van der Waals surface area (Å²) in [7, 11) is 4.39. The van der Waals surface area contributed by atoms with Gasteiger partial charge in [0.05, 0.1) is 0 Å². The molecular formula is C14H29N. The second-order valence-corrected chi connectivity index (χ2v) is 6.96. The van der Waals surface area contributed by atoms with E-state index < -0.39 is 0 Å². The number of rotatable bonds is 2. The quantitative estimate of drug-likeness (QED) is 0.674. The fraction of sp³-hybridized carbons (Fsp3) is 1.00. The molecule has 2 unspecified atom stereocenters. The van der Waals surface area contributed by atoms with E-state index in [4.69, 9.17) is 0 Å². The van der Waals surface area contributed by atoms with Crippen LogP contribution < -0.4 is 0 Å². The highest BCUT2D eigenvalue weighted by Crippen LogP contribution is 2.54. The Balaban J connectivity index is 2.77. The Labute approximate surface area is 96.2 Å². The van der Waals surface area contributed by atoms with E-state index in [0.717, 1.165) is 11.8 Å². The summed E-state index contributed by atoms with van der Waals surface area (Å²) >= 11 is 0. The summed E-state index contributed by atoms with van der Waals surface area (Å²) < 4.78 is 0. The molecule has 0 aromatic rings. The molecule has 1 aliphatic rings. The van der Waals surface area contributed by atoms with E-state index in [1.807, 2.05) is 0 Å². The molecule has 90 valence electrons. The molecule has 0 N–H and O–H groups in total. The van der Waals surface area contributed by atoms with Crippen molar-refractivity contribution in [1.29, 1.82) is 0 Å². The van der Waals surface area contributed by atoms with Crippen molar-refractivity contribution in [2.75, 3.05) is 20.6 Å². The molecule has 1 rings (SSSR count). The van der Waals surface area contributed by atoms with E-state index in [9.17, 15) is 0 Å². The van der Waals surface area contributed by atoms with Gasteiger partial charge in [-0.1, -0.05) is 34.6 Å². The van der Waals surface area contributed by atoms with Gasteiger partial charge in [0.1, 0.15) is 0 Å². The van der Waals surface area contributed by atoms with Gasteiger partial charge in [0, 0.05) is 6.54 Å². The molecule has 0 radical (unpaired) electrons. The summed E-state index contributed by atoms with van der Waals surface area (Å²) in [6.45, 7) is 13.5. The van der Waals surface area contributed by atoms with Gasteiger partial charge in [-0.3, -0.25) is 0 Å². The summed E-state index contributed by atoms with van der Waals surface area (Å²) in [5.74, 6) is 1.70. The summed E-state index contributed by atoms with van der Waals surface area (Å²) in [6.07, 6.45) is 2.78. The average molecular weight is 211 g/mol. The maximum Gasteiger partial charge on any atom is 0.000631 e. The van der Waals surface area contributed by atoms with Crippen LogP contribution in [-0.4, -0.2) is 25.5 Å². The second-order valence-electron chi connectivity index (χ2n) is 6.96. The largest absolute Gasteiger partial charge is 0.309 e. The fourth-order valence-corrected chi connectivity index (χ4v) is 3.04. The minimum Gasteiger partial charge on any atom is -0.309 e. The van der Waals surface area contributed by atoms with Gasteiger partial charge in [-0.2, -0.15) is 0 Å². The molecule has 0 bridgehead atoms. The average Bonchev–Trinajstić information content (AvgIpc) is 2.08. The van der Waals surface area contributed by atoms with Crippen LogP contribution in [0.4, 0.5) is 0 Å². The van der Waals surface area contributed by atoms with Crippen molar-refractivity contribution in [3.8, 4) is 0 Å². The molecule has 1 heteroatoms. The van der Waals surface area contributed by atoms with Crippen molar-refractivity contribution >= 4 is 0 Å². The van der Waals surface area contributed by atoms with Crippen LogP contribution >= 0.6 is 0 Å². The highest BCUT2D eigenvalue weighted by molar-refractivity contribution is 4.97. The summed E-state index contributed by atoms with van der Waals surface area (Å²) in [5, 5.41) is 0. The number of hydrogen-bond acceptors (Lipinski definition) is 1. The highest BCUT2D eigenvalue weighted by Gasteiger charge is 2.47. The molecule has 0 heterocycles. The van der Waals surface area contributed by atoms with Crippen LogP contribution in [0.5, 0.6) is 0 Å². The summed E-state index contributed by atoms with van der Waals surface area (Å²) in [4.78, 5) is 2.34. The maximum absolute atomic E-state index is 2.46. The van der Waals surface area contributed by atoms with E-state index in [1.165, 1.54) is 19.4 Å². The third kappa shape index (κ3) is 2.38. The second kappa shape index (κ2) is 4.08. The van der Waals surface area contributed by atoms with Gasteiger partial charge >= 0.3 is 0 Å². The van der Waals surface area contributed by atoms with Crippen LogP contribution in [0.3, 0.4) is 0 Å². The Morgan fingerprint density at radius 1 is 1.13 bits per heavy atom. The van der Waals surface area contributed by atoms with Crippen LogP contribution in [0.1, 0.15) is 47.5 Å². The zero-order valence-corrected chi connectivity index (χ0v) is 11.7. The van der Waals surface area contributed by atoms with Crippen molar-refractivity contribution in [2.45, 2.75) is 47.5 Å². The molecule has 1 fully saturated rings. The van der Waals surface area contributed by atoms with Crippen LogP contribution in [0.2, 0.25) is 0 Å². The van der Waals surface area contributed by atoms with E-state index in [1.54, 1.807) is 0 Å². The van der Waals surface area contributed by atoms with E-state index >= 15 is 0 Å². The lowest BCUT2D eigenvalue weighted by Crippen LogP contribution is -2.47. The Kier molecular flexibility index (Phi) is 3.55. The predicted molar refractivity (Wildman–Crippen MR) is 68.0 cm³/mol. The molecule has 2 atom stereocenters. The maximum atomic E-state index is 2.46. The number of nitrogens with zero attached hydrogens (tertiary/aromatic N) is 1. The molecule has 1 nitrogen and oxygen atoms in total. The van der Waals surface area contributed by atoms with Crippen LogP contribution in [-0.2, 0) is 0 Å². The lowest BCUT2D eigenvalue weighted by atomic mass is 9.52. The van der Waals surface area contributed by atoms with Gasteiger partial charge in [0.25, 0.3) is 0 Å². The standard InChI is InChI=1S/C14H29N/c1-11-12(10-15(6)7)8-9-13(2,3)14(11,4)5/h11-12H,8-10H2,1-7H3. The van der Waals surface area contributed by atoms with Gasteiger partial charge < -0.3 is 4.90 Å². The molecule has 1 saturated carbocycles. The van der Waals surface area contributed by atoms with Crippen molar-refractivity contribution in [1.82, 2.24) is 4.90 Å². The first-order chi connectivity index (χ1) is 6.68. The lowest BCUT2D eigenvalue weighted by molar-refractivity contribution is -0.0427. The molecule has 0 aliphatic heterocycles. The van der Waals surface area contributed by atoms with Crippen LogP contribution in [0, 0.1) is 22.7 Å². The first-order valence-electron chi connectivity index (χ1n) is 6.33. The van der Waals surface area contributed by atoms with Crippen LogP contribution in [0.25, 0.3) is 0 Å². The first kappa shape index (κ1) is 13.0. The molecule has 0 aromatic carbocycles. The zero-order valence-electron chi connectivity index (χ0n) is 11.7. The Hall–Kier alpha value is -0.0400. The highest BCUT2D eigenvalue weighted by atomic mass is 15.1. The molecule has 0 spiro atoms. The lowest BCUT2D eigenvalue weighted by Gasteiger charge is -2.54. The SMILES string of the molecule is CC1C(CN(C)C)CCC(C)(C)C1(C)C. The van der Waals surface area contributed by atoms with E-state index in [0.29, 0.717) is 10.8 Å². The first-order valence-corrected chi connectivity index (χ1v) is 6.33. The van der Waals surface area contributed by atoms with Gasteiger partial charge in [0.15, 0.2) is 0 Å². The van der Waals surface area contributed by atoms with Crippen molar-refractivity contribution in [2.24, 2.45) is 22.7 Å². The van der Waals surface area contributed by atoms with Gasteiger partial charge in [0.2, 0.25) is 0 Å². The van der Waals surface area contributed by atoms with Crippen molar-refractivity contribution in [3.05, 3.63) is 0 Å². The Morgan fingerprint density at radius 3 is 2.13 bits per heavy atom. The minimum atomic E-state index is 0.464. The molecular weight excluding hydrogens is 182 g/mol. The molecule has 0 saturated heterocycles. The normalized spacial score (nSPS) is 34.4. The predicted octanol–water partition coefficient (Wildman–Crippen LogP) is 3.65. The topological polar surface area (TPSA) is 3.24 Å². The van der Waals surface area contributed by atoms with Crippen LogP contribution in [0.15, 0.2) is 0 Å².